The summed E-state index contributed by atoms with van der Waals surface area (Å²) < 4.78 is 2.09. The molecule has 0 unspecified atom stereocenters. The fourth-order valence-electron chi connectivity index (χ4n) is 6.20. The highest BCUT2D eigenvalue weighted by Crippen LogP contribution is 2.53. The SMILES string of the molecule is O=C1CC[C@H]2C[C@@H]3CN(Cc4ccccc4)CC[C@@H]3c3c2n1c1ccccc31. The number of likely N-dealkylation sites (tertiary alicyclic amines) is 1. The molecule has 1 fully saturated rings. The van der Waals surface area contributed by atoms with Crippen molar-refractivity contribution >= 4 is 16.8 Å². The quantitative estimate of drug-likeness (QED) is 0.622. The van der Waals surface area contributed by atoms with Crippen molar-refractivity contribution in [2.24, 2.45) is 5.92 Å². The van der Waals surface area contributed by atoms with Gasteiger partial charge >= 0.3 is 0 Å². The van der Waals surface area contributed by atoms with E-state index in [-0.39, 0.29) is 0 Å². The van der Waals surface area contributed by atoms with E-state index in [1.807, 2.05) is 0 Å². The number of aromatic nitrogens is 1. The van der Waals surface area contributed by atoms with Crippen LogP contribution in [0.3, 0.4) is 0 Å². The minimum Gasteiger partial charge on any atom is -0.299 e. The van der Waals surface area contributed by atoms with Crippen LogP contribution >= 0.6 is 0 Å². The molecule has 3 nitrogen and oxygen atoms in total. The molecular formula is C25H26N2O. The number of rotatable bonds is 2. The Bertz CT molecular complexity index is 1050. The van der Waals surface area contributed by atoms with Crippen molar-refractivity contribution in [3.63, 3.8) is 0 Å². The van der Waals surface area contributed by atoms with Crippen LogP contribution in [-0.2, 0) is 6.54 Å². The number of hydrogen-bond donors (Lipinski definition) is 0. The van der Waals surface area contributed by atoms with Gasteiger partial charge in [0.2, 0.25) is 5.91 Å². The molecule has 6 rings (SSSR count). The number of carbonyl (C=O) groups is 1. The van der Waals surface area contributed by atoms with Crippen LogP contribution in [0.2, 0.25) is 0 Å². The van der Waals surface area contributed by atoms with Crippen molar-refractivity contribution in [1.82, 2.24) is 9.47 Å². The van der Waals surface area contributed by atoms with Crippen molar-refractivity contribution in [3.8, 4) is 0 Å². The molecule has 0 bridgehead atoms. The molecule has 3 aliphatic rings. The van der Waals surface area contributed by atoms with E-state index < -0.39 is 0 Å². The van der Waals surface area contributed by atoms with Crippen LogP contribution in [0.5, 0.6) is 0 Å². The Morgan fingerprint density at radius 1 is 0.964 bits per heavy atom. The standard InChI is InChI=1S/C25H26N2O/c28-23-11-10-18-14-19-16-26(15-17-6-2-1-3-7-17)13-12-20(19)24-21-8-4-5-9-22(21)27(23)25(18)24/h1-9,18-20H,10-16H2/t18-,19+,20-/m0/s1. The molecule has 142 valence electrons. The van der Waals surface area contributed by atoms with Crippen molar-refractivity contribution < 1.29 is 4.79 Å². The summed E-state index contributed by atoms with van der Waals surface area (Å²) in [6.45, 7) is 3.39. The topological polar surface area (TPSA) is 25.2 Å². The Hall–Kier alpha value is -2.39. The van der Waals surface area contributed by atoms with Gasteiger partial charge in [-0.2, -0.15) is 0 Å². The largest absolute Gasteiger partial charge is 0.299 e. The maximum Gasteiger partial charge on any atom is 0.231 e. The summed E-state index contributed by atoms with van der Waals surface area (Å²) in [5, 5.41) is 1.34. The predicted molar refractivity (Wildman–Crippen MR) is 112 cm³/mol. The fourth-order valence-corrected chi connectivity index (χ4v) is 6.20. The van der Waals surface area contributed by atoms with Gasteiger partial charge < -0.3 is 0 Å². The zero-order chi connectivity index (χ0) is 18.7. The van der Waals surface area contributed by atoms with E-state index in [1.165, 1.54) is 41.6 Å². The van der Waals surface area contributed by atoms with Gasteiger partial charge in [0.15, 0.2) is 0 Å². The molecule has 3 heterocycles. The van der Waals surface area contributed by atoms with Crippen LogP contribution in [0, 0.1) is 5.92 Å². The molecule has 1 aliphatic carbocycles. The molecule has 1 saturated heterocycles. The number of fused-ring (bicyclic) bond motifs is 5. The Labute approximate surface area is 166 Å². The van der Waals surface area contributed by atoms with E-state index in [0.717, 1.165) is 25.0 Å². The summed E-state index contributed by atoms with van der Waals surface area (Å²) in [7, 11) is 0. The van der Waals surface area contributed by atoms with Crippen LogP contribution < -0.4 is 0 Å². The third-order valence-electron chi connectivity index (χ3n) is 7.32. The third-order valence-corrected chi connectivity index (χ3v) is 7.32. The Kier molecular flexibility index (Phi) is 3.73. The second kappa shape index (κ2) is 6.31. The van der Waals surface area contributed by atoms with Crippen LogP contribution in [0.1, 0.15) is 59.1 Å². The first kappa shape index (κ1) is 16.6. The number of piperidine rings is 1. The van der Waals surface area contributed by atoms with Gasteiger partial charge in [0.1, 0.15) is 0 Å². The molecule has 1 aromatic heterocycles. The number of para-hydroxylation sites is 1. The number of benzene rings is 2. The number of nitrogens with zero attached hydrogens (tertiary/aromatic N) is 2. The van der Waals surface area contributed by atoms with Gasteiger partial charge in [0.05, 0.1) is 5.52 Å². The maximum absolute atomic E-state index is 12.8. The molecule has 2 aliphatic heterocycles. The molecule has 0 N–H and O–H groups in total. The molecule has 3 heteroatoms. The molecule has 0 radical (unpaired) electrons. The van der Waals surface area contributed by atoms with E-state index in [4.69, 9.17) is 0 Å². The minimum absolute atomic E-state index is 0.300. The third kappa shape index (κ3) is 2.42. The smallest absolute Gasteiger partial charge is 0.231 e. The molecule has 0 amide bonds. The highest BCUT2D eigenvalue weighted by Gasteiger charge is 2.44. The molecule has 3 atom stereocenters. The summed E-state index contributed by atoms with van der Waals surface area (Å²) in [6.07, 6.45) is 4.18. The lowest BCUT2D eigenvalue weighted by Gasteiger charge is -2.45. The number of carbonyl (C=O) groups excluding carboxylic acids is 1. The lowest BCUT2D eigenvalue weighted by molar-refractivity contribution is 0.0848. The molecule has 3 aromatic rings. The van der Waals surface area contributed by atoms with Crippen LogP contribution in [0.4, 0.5) is 0 Å². The second-order valence-corrected chi connectivity index (χ2v) is 8.89. The van der Waals surface area contributed by atoms with E-state index in [1.54, 1.807) is 0 Å². The maximum atomic E-state index is 12.8. The van der Waals surface area contributed by atoms with E-state index in [0.29, 0.717) is 30.1 Å². The first-order chi connectivity index (χ1) is 13.8. The zero-order valence-corrected chi connectivity index (χ0v) is 16.2. The highest BCUT2D eigenvalue weighted by atomic mass is 16.2. The molecule has 0 spiro atoms. The lowest BCUT2D eigenvalue weighted by Crippen LogP contribution is -2.42. The van der Waals surface area contributed by atoms with Crippen molar-refractivity contribution in [2.45, 2.75) is 44.1 Å². The molecular weight excluding hydrogens is 344 g/mol. The van der Waals surface area contributed by atoms with Crippen LogP contribution in [-0.4, -0.2) is 28.5 Å². The summed E-state index contributed by atoms with van der Waals surface area (Å²) in [6, 6.07) is 19.5. The Morgan fingerprint density at radius 3 is 2.68 bits per heavy atom. The monoisotopic (exact) mass is 370 g/mol. The van der Waals surface area contributed by atoms with Crippen molar-refractivity contribution in [3.05, 3.63) is 71.4 Å². The van der Waals surface area contributed by atoms with E-state index >= 15 is 0 Å². The van der Waals surface area contributed by atoms with E-state index in [2.05, 4.69) is 64.1 Å². The highest BCUT2D eigenvalue weighted by molar-refractivity contribution is 5.97. The lowest BCUT2D eigenvalue weighted by atomic mass is 9.67. The fraction of sp³-hybridized carbons (Fsp3) is 0.400. The van der Waals surface area contributed by atoms with E-state index in [9.17, 15) is 4.79 Å². The van der Waals surface area contributed by atoms with Gasteiger partial charge in [0, 0.05) is 36.5 Å². The summed E-state index contributed by atoms with van der Waals surface area (Å²) in [5.41, 5.74) is 5.45. The van der Waals surface area contributed by atoms with Gasteiger partial charge in [-0.1, -0.05) is 48.5 Å². The first-order valence-electron chi connectivity index (χ1n) is 10.7. The molecule has 2 aromatic carbocycles. The van der Waals surface area contributed by atoms with Gasteiger partial charge in [0.25, 0.3) is 0 Å². The predicted octanol–water partition coefficient (Wildman–Crippen LogP) is 5.17. The second-order valence-electron chi connectivity index (χ2n) is 8.89. The van der Waals surface area contributed by atoms with Crippen molar-refractivity contribution in [1.29, 1.82) is 0 Å². The van der Waals surface area contributed by atoms with Gasteiger partial charge in [-0.05, 0) is 54.8 Å². The minimum atomic E-state index is 0.300. The summed E-state index contributed by atoms with van der Waals surface area (Å²) >= 11 is 0. The average Bonchev–Trinajstić information content (AvgIpc) is 3.08. The summed E-state index contributed by atoms with van der Waals surface area (Å²) in [5.74, 6) is 2.17. The van der Waals surface area contributed by atoms with Gasteiger partial charge in [-0.3, -0.25) is 14.3 Å². The van der Waals surface area contributed by atoms with Gasteiger partial charge in [-0.15, -0.1) is 0 Å². The first-order valence-corrected chi connectivity index (χ1v) is 10.7. The average molecular weight is 370 g/mol. The Balaban J connectivity index is 1.38. The zero-order valence-electron chi connectivity index (χ0n) is 16.2. The van der Waals surface area contributed by atoms with Crippen LogP contribution in [0.15, 0.2) is 54.6 Å². The van der Waals surface area contributed by atoms with Crippen molar-refractivity contribution in [2.75, 3.05) is 13.1 Å². The van der Waals surface area contributed by atoms with Gasteiger partial charge in [-0.25, -0.2) is 0 Å². The molecule has 28 heavy (non-hydrogen) atoms. The Morgan fingerprint density at radius 2 is 1.79 bits per heavy atom. The van der Waals surface area contributed by atoms with Crippen LogP contribution in [0.25, 0.3) is 10.9 Å². The summed E-state index contributed by atoms with van der Waals surface area (Å²) in [4.78, 5) is 15.4. The normalized spacial score (nSPS) is 26.9. The molecule has 0 saturated carbocycles. The number of hydrogen-bond acceptors (Lipinski definition) is 2.